The van der Waals surface area contributed by atoms with Gasteiger partial charge in [0.25, 0.3) is 0 Å². The molecule has 0 atom stereocenters. The molecular weight excluding hydrogens is 259 g/mol. The Morgan fingerprint density at radius 1 is 1.25 bits per heavy atom. The van der Waals surface area contributed by atoms with Crippen LogP contribution in [0.1, 0.15) is 23.4 Å². The number of aromatic nitrogens is 2. The number of carboxylic acids is 1. The van der Waals surface area contributed by atoms with Crippen LogP contribution in [0.3, 0.4) is 0 Å². The summed E-state index contributed by atoms with van der Waals surface area (Å²) in [6.45, 7) is 3.63. The van der Waals surface area contributed by atoms with E-state index in [0.717, 1.165) is 17.0 Å². The van der Waals surface area contributed by atoms with E-state index < -0.39 is 5.97 Å². The maximum atomic E-state index is 13.2. The Bertz CT molecular complexity index is 633. The molecule has 20 heavy (non-hydrogen) atoms. The molecule has 0 saturated carbocycles. The highest BCUT2D eigenvalue weighted by molar-refractivity contribution is 5.67. The molecule has 0 aliphatic rings. The Morgan fingerprint density at radius 2 is 1.90 bits per heavy atom. The topological polar surface area (TPSA) is 63.1 Å². The lowest BCUT2D eigenvalue weighted by molar-refractivity contribution is -0.136. The molecule has 4 nitrogen and oxygen atoms in total. The molecule has 104 valence electrons. The summed E-state index contributed by atoms with van der Waals surface area (Å²) in [5.41, 5.74) is 2.92. The molecule has 0 unspecified atom stereocenters. The van der Waals surface area contributed by atoms with Crippen LogP contribution in [0.4, 0.5) is 4.39 Å². The zero-order valence-corrected chi connectivity index (χ0v) is 11.4. The number of aliphatic carboxylic acids is 1. The van der Waals surface area contributed by atoms with E-state index >= 15 is 0 Å². The van der Waals surface area contributed by atoms with Gasteiger partial charge in [0, 0.05) is 23.4 Å². The fraction of sp³-hybridized carbons (Fsp3) is 0.267. The van der Waals surface area contributed by atoms with Crippen LogP contribution in [0.5, 0.6) is 0 Å². The smallest absolute Gasteiger partial charge is 0.303 e. The summed E-state index contributed by atoms with van der Waals surface area (Å²) in [4.78, 5) is 19.3. The molecule has 1 heterocycles. The van der Waals surface area contributed by atoms with Gasteiger partial charge >= 0.3 is 5.97 Å². The summed E-state index contributed by atoms with van der Waals surface area (Å²) in [7, 11) is 0. The number of benzene rings is 1. The molecule has 2 aromatic rings. The van der Waals surface area contributed by atoms with Gasteiger partial charge in [0.1, 0.15) is 5.82 Å². The average Bonchev–Trinajstić information content (AvgIpc) is 2.37. The molecule has 0 aliphatic carbocycles. The van der Waals surface area contributed by atoms with Gasteiger partial charge in [-0.05, 0) is 38.0 Å². The zero-order valence-electron chi connectivity index (χ0n) is 11.4. The average molecular weight is 274 g/mol. The fourth-order valence-corrected chi connectivity index (χ4v) is 2.09. The van der Waals surface area contributed by atoms with Crippen molar-refractivity contribution in [3.05, 3.63) is 47.0 Å². The maximum Gasteiger partial charge on any atom is 0.303 e. The van der Waals surface area contributed by atoms with Crippen LogP contribution in [0.15, 0.2) is 24.3 Å². The first-order chi connectivity index (χ1) is 9.47. The lowest BCUT2D eigenvalue weighted by atomic mass is 10.1. The van der Waals surface area contributed by atoms with Crippen molar-refractivity contribution in [2.45, 2.75) is 26.7 Å². The van der Waals surface area contributed by atoms with Crippen LogP contribution in [-0.4, -0.2) is 21.0 Å². The first-order valence-corrected chi connectivity index (χ1v) is 6.29. The Kier molecular flexibility index (Phi) is 4.08. The second-order valence-corrected chi connectivity index (χ2v) is 4.60. The Balaban J connectivity index is 2.37. The lowest BCUT2D eigenvalue weighted by Gasteiger charge is -2.10. The number of rotatable bonds is 4. The van der Waals surface area contributed by atoms with Crippen molar-refractivity contribution in [1.82, 2.24) is 9.97 Å². The van der Waals surface area contributed by atoms with Crippen LogP contribution < -0.4 is 0 Å². The number of carboxylic acid groups (broad SMARTS) is 1. The summed E-state index contributed by atoms with van der Waals surface area (Å²) in [5, 5.41) is 8.74. The van der Waals surface area contributed by atoms with Gasteiger partial charge in [0.05, 0.1) is 0 Å². The summed E-state index contributed by atoms with van der Waals surface area (Å²) >= 11 is 0. The molecule has 1 N–H and O–H groups in total. The molecule has 0 fully saturated rings. The Labute approximate surface area is 116 Å². The summed E-state index contributed by atoms with van der Waals surface area (Å²) in [5.74, 6) is -0.729. The lowest BCUT2D eigenvalue weighted by Crippen LogP contribution is -2.06. The van der Waals surface area contributed by atoms with Gasteiger partial charge in [-0.15, -0.1) is 0 Å². The molecule has 0 saturated heterocycles. The minimum absolute atomic E-state index is 0.0460. The van der Waals surface area contributed by atoms with E-state index in [4.69, 9.17) is 5.11 Å². The number of hydrogen-bond acceptors (Lipinski definition) is 3. The van der Waals surface area contributed by atoms with Gasteiger partial charge in [-0.2, -0.15) is 0 Å². The zero-order chi connectivity index (χ0) is 14.7. The van der Waals surface area contributed by atoms with Gasteiger partial charge in [-0.3, -0.25) is 4.79 Å². The van der Waals surface area contributed by atoms with Crippen LogP contribution in [0.2, 0.25) is 0 Å². The van der Waals surface area contributed by atoms with Gasteiger partial charge in [-0.25, -0.2) is 14.4 Å². The minimum atomic E-state index is -0.849. The number of hydrogen-bond donors (Lipinski definition) is 1. The molecule has 0 bridgehead atoms. The quantitative estimate of drug-likeness (QED) is 0.931. The first-order valence-electron chi connectivity index (χ1n) is 6.29. The number of aryl methyl sites for hydroxylation is 2. The third kappa shape index (κ3) is 3.17. The standard InChI is InChI=1S/C15H15FN2O2/c1-9-13(6-7-14(19)20)10(2)18-15(17-9)11-4-3-5-12(16)8-11/h3-5,8H,6-7H2,1-2H3,(H,19,20). The van der Waals surface area contributed by atoms with Crippen molar-refractivity contribution in [2.75, 3.05) is 0 Å². The first kappa shape index (κ1) is 14.1. The second-order valence-electron chi connectivity index (χ2n) is 4.60. The van der Waals surface area contributed by atoms with Crippen molar-refractivity contribution >= 4 is 5.97 Å². The Morgan fingerprint density at radius 3 is 2.45 bits per heavy atom. The fourth-order valence-electron chi connectivity index (χ4n) is 2.09. The molecule has 5 heteroatoms. The molecule has 0 radical (unpaired) electrons. The normalized spacial score (nSPS) is 10.6. The van der Waals surface area contributed by atoms with E-state index in [1.807, 2.05) is 13.8 Å². The van der Waals surface area contributed by atoms with Crippen LogP contribution in [0, 0.1) is 19.7 Å². The molecular formula is C15H15FN2O2. The highest BCUT2D eigenvalue weighted by Crippen LogP contribution is 2.20. The maximum absolute atomic E-state index is 13.2. The van der Waals surface area contributed by atoms with Gasteiger partial charge in [0.2, 0.25) is 0 Å². The second kappa shape index (κ2) is 5.77. The monoisotopic (exact) mass is 274 g/mol. The van der Waals surface area contributed by atoms with E-state index in [2.05, 4.69) is 9.97 Å². The molecule has 1 aromatic heterocycles. The number of nitrogens with zero attached hydrogens (tertiary/aromatic N) is 2. The summed E-state index contributed by atoms with van der Waals surface area (Å²) in [6.07, 6.45) is 0.445. The van der Waals surface area contributed by atoms with Crippen molar-refractivity contribution in [3.63, 3.8) is 0 Å². The largest absolute Gasteiger partial charge is 0.481 e. The number of carbonyl (C=O) groups is 1. The van der Waals surface area contributed by atoms with Crippen molar-refractivity contribution < 1.29 is 14.3 Å². The third-order valence-corrected chi connectivity index (χ3v) is 3.09. The van der Waals surface area contributed by atoms with E-state index in [0.29, 0.717) is 17.8 Å². The predicted molar refractivity (Wildman–Crippen MR) is 72.9 cm³/mol. The molecule has 0 amide bonds. The third-order valence-electron chi connectivity index (χ3n) is 3.09. The van der Waals surface area contributed by atoms with Crippen LogP contribution in [-0.2, 0) is 11.2 Å². The van der Waals surface area contributed by atoms with E-state index in [1.54, 1.807) is 12.1 Å². The minimum Gasteiger partial charge on any atom is -0.481 e. The van der Waals surface area contributed by atoms with Crippen molar-refractivity contribution in [2.24, 2.45) is 0 Å². The highest BCUT2D eigenvalue weighted by atomic mass is 19.1. The van der Waals surface area contributed by atoms with Gasteiger partial charge < -0.3 is 5.11 Å². The molecule has 2 rings (SSSR count). The van der Waals surface area contributed by atoms with Crippen molar-refractivity contribution in [3.8, 4) is 11.4 Å². The van der Waals surface area contributed by atoms with E-state index in [-0.39, 0.29) is 12.2 Å². The van der Waals surface area contributed by atoms with E-state index in [1.165, 1.54) is 12.1 Å². The number of halogens is 1. The Hall–Kier alpha value is -2.30. The summed E-state index contributed by atoms with van der Waals surface area (Å²) in [6, 6.07) is 6.10. The van der Waals surface area contributed by atoms with Crippen LogP contribution >= 0.6 is 0 Å². The van der Waals surface area contributed by atoms with E-state index in [9.17, 15) is 9.18 Å². The SMILES string of the molecule is Cc1nc(-c2cccc(F)c2)nc(C)c1CCC(=O)O. The van der Waals surface area contributed by atoms with Gasteiger partial charge in [0.15, 0.2) is 5.82 Å². The van der Waals surface area contributed by atoms with Crippen molar-refractivity contribution in [1.29, 1.82) is 0 Å². The molecule has 0 spiro atoms. The molecule has 0 aliphatic heterocycles. The molecule has 1 aromatic carbocycles. The van der Waals surface area contributed by atoms with Gasteiger partial charge in [-0.1, -0.05) is 12.1 Å². The highest BCUT2D eigenvalue weighted by Gasteiger charge is 2.11. The predicted octanol–water partition coefficient (Wildman–Crippen LogP) is 2.92. The van der Waals surface area contributed by atoms with Crippen LogP contribution in [0.25, 0.3) is 11.4 Å². The summed E-state index contributed by atoms with van der Waals surface area (Å²) < 4.78 is 13.2.